The number of methoxy groups -OCH3 is 1. The van der Waals surface area contributed by atoms with Crippen molar-refractivity contribution in [1.29, 1.82) is 0 Å². The summed E-state index contributed by atoms with van der Waals surface area (Å²) in [5.74, 6) is -9.04. The molecule has 46 heavy (non-hydrogen) atoms. The van der Waals surface area contributed by atoms with Crippen LogP contribution in [0, 0.1) is 11.8 Å². The second-order valence-electron chi connectivity index (χ2n) is 11.8. The summed E-state index contributed by atoms with van der Waals surface area (Å²) in [6.45, 7) is -0.691. The molecule has 0 aromatic heterocycles. The lowest BCUT2D eigenvalue weighted by Crippen LogP contribution is -2.63. The average molecular weight is 636 g/mol. The summed E-state index contributed by atoms with van der Waals surface area (Å²) in [5, 5.41) is 56.9. The molecule has 3 aliphatic carbocycles. The molecule has 0 saturated heterocycles. The molecule has 0 fully saturated rings. The van der Waals surface area contributed by atoms with Crippen molar-refractivity contribution in [2.24, 2.45) is 17.6 Å². The van der Waals surface area contributed by atoms with E-state index >= 15 is 0 Å². The number of likely N-dealkylation sites (N-methyl/N-ethyl adjacent to an activating group) is 1. The van der Waals surface area contributed by atoms with Gasteiger partial charge in [0, 0.05) is 17.1 Å². The maximum atomic E-state index is 14.0. The highest BCUT2D eigenvalue weighted by Gasteiger charge is 2.63. The molecule has 2 amide bonds. The molecule has 242 valence electrons. The SMILES string of the molecule is COC(=O)C(CO)NC(=O)c1cccc(-c2ccc(O)c3c2CC2CC4C(N(C)C)C(O)=C(C(N)=O)C(=O)C4(O)C(O)=C2C3=O)c1. The van der Waals surface area contributed by atoms with Gasteiger partial charge in [0.25, 0.3) is 11.8 Å². The highest BCUT2D eigenvalue weighted by molar-refractivity contribution is 6.25. The van der Waals surface area contributed by atoms with Crippen molar-refractivity contribution in [3.63, 3.8) is 0 Å². The topological polar surface area (TPSA) is 237 Å². The Kier molecular flexibility index (Phi) is 8.23. The van der Waals surface area contributed by atoms with Crippen molar-refractivity contribution >= 4 is 29.4 Å². The number of fused-ring (bicyclic) bond motifs is 3. The van der Waals surface area contributed by atoms with Crippen molar-refractivity contribution in [2.45, 2.75) is 30.5 Å². The van der Waals surface area contributed by atoms with Gasteiger partial charge in [0.15, 0.2) is 17.4 Å². The number of nitrogens with zero attached hydrogens (tertiary/aromatic N) is 1. The van der Waals surface area contributed by atoms with Gasteiger partial charge < -0.3 is 41.3 Å². The lowest BCUT2D eigenvalue weighted by Gasteiger charge is -2.50. The Bertz CT molecular complexity index is 1760. The molecular weight excluding hydrogens is 602 g/mol. The molecule has 5 atom stereocenters. The van der Waals surface area contributed by atoms with E-state index in [0.717, 1.165) is 7.11 Å². The molecule has 0 bridgehead atoms. The molecule has 14 nitrogen and oxygen atoms in total. The summed E-state index contributed by atoms with van der Waals surface area (Å²) < 4.78 is 4.59. The Morgan fingerprint density at radius 2 is 1.83 bits per heavy atom. The molecule has 14 heteroatoms. The Hall–Kier alpha value is -5.05. The fourth-order valence-electron chi connectivity index (χ4n) is 6.91. The van der Waals surface area contributed by atoms with Gasteiger partial charge in [0.05, 0.1) is 25.3 Å². The number of carbonyl (C=O) groups excluding carboxylic acids is 5. The molecule has 5 unspecified atom stereocenters. The lowest BCUT2D eigenvalue weighted by molar-refractivity contribution is -0.148. The number of allylic oxidation sites excluding steroid dienone is 1. The largest absolute Gasteiger partial charge is 0.510 e. The number of Topliss-reactive ketones (excluding diaryl/α,β-unsaturated/α-hetero) is 2. The van der Waals surface area contributed by atoms with Crippen LogP contribution in [0.2, 0.25) is 0 Å². The highest BCUT2D eigenvalue weighted by atomic mass is 16.5. The number of rotatable bonds is 7. The van der Waals surface area contributed by atoms with Crippen LogP contribution in [-0.4, -0.2) is 105 Å². The summed E-state index contributed by atoms with van der Waals surface area (Å²) in [7, 11) is 4.20. The first kappa shape index (κ1) is 32.3. The van der Waals surface area contributed by atoms with Crippen LogP contribution in [0.25, 0.3) is 11.1 Å². The third kappa shape index (κ3) is 4.81. The molecule has 0 radical (unpaired) electrons. The standard InChI is InChI=1S/C32H33N3O11/c1-35(2)24-18-11-15-10-17-16(13-5-4-6-14(9-13)30(43)34-19(12-36)31(44)46-3)7-8-20(37)22(17)25(38)21(15)27(40)32(18,45)28(41)23(26(24)39)29(33)42/h4-9,15,18-19,24,36-37,39-40,45H,10-12H2,1-3H3,(H2,33,42)(H,34,43). The Balaban J connectivity index is 1.61. The van der Waals surface area contributed by atoms with E-state index in [0.29, 0.717) is 16.7 Å². The zero-order valence-corrected chi connectivity index (χ0v) is 25.1. The predicted molar refractivity (Wildman–Crippen MR) is 159 cm³/mol. The number of hydrogen-bond acceptors (Lipinski definition) is 12. The lowest BCUT2D eigenvalue weighted by atomic mass is 9.58. The van der Waals surface area contributed by atoms with Gasteiger partial charge in [-0.25, -0.2) is 4.79 Å². The third-order valence-electron chi connectivity index (χ3n) is 9.02. The number of aliphatic hydroxyl groups excluding tert-OH is 3. The summed E-state index contributed by atoms with van der Waals surface area (Å²) in [4.78, 5) is 65.9. The number of benzene rings is 2. The van der Waals surface area contributed by atoms with Crippen LogP contribution >= 0.6 is 0 Å². The minimum atomic E-state index is -2.75. The zero-order chi connectivity index (χ0) is 33.8. The monoisotopic (exact) mass is 635 g/mol. The van der Waals surface area contributed by atoms with Gasteiger partial charge in [-0.15, -0.1) is 0 Å². The molecule has 5 rings (SSSR count). The first-order chi connectivity index (χ1) is 21.7. The highest BCUT2D eigenvalue weighted by Crippen LogP contribution is 2.53. The predicted octanol–water partition coefficient (Wildman–Crippen LogP) is 0.0513. The number of carbonyl (C=O) groups is 5. The summed E-state index contributed by atoms with van der Waals surface area (Å²) >= 11 is 0. The number of aromatic hydroxyl groups is 1. The van der Waals surface area contributed by atoms with E-state index in [1.807, 2.05) is 0 Å². The second kappa shape index (κ2) is 11.7. The van der Waals surface area contributed by atoms with Crippen LogP contribution in [0.5, 0.6) is 5.75 Å². The van der Waals surface area contributed by atoms with Crippen LogP contribution < -0.4 is 11.1 Å². The number of phenolic OH excluding ortho intramolecular Hbond substituents is 1. The molecule has 0 aliphatic heterocycles. The molecule has 0 heterocycles. The molecular formula is C32H33N3O11. The Morgan fingerprint density at radius 1 is 1.13 bits per heavy atom. The number of esters is 1. The Morgan fingerprint density at radius 3 is 2.43 bits per heavy atom. The van der Waals surface area contributed by atoms with E-state index in [9.17, 15) is 49.5 Å². The van der Waals surface area contributed by atoms with Crippen LogP contribution in [0.15, 0.2) is 59.1 Å². The number of primary amides is 1. The van der Waals surface area contributed by atoms with E-state index in [-0.39, 0.29) is 29.5 Å². The molecule has 2 aromatic rings. The van der Waals surface area contributed by atoms with Gasteiger partial charge in [0.1, 0.15) is 22.8 Å². The molecule has 3 aliphatic rings. The van der Waals surface area contributed by atoms with Gasteiger partial charge in [0.2, 0.25) is 5.78 Å². The molecule has 2 aromatic carbocycles. The number of nitrogens with two attached hydrogens (primary N) is 1. The summed E-state index contributed by atoms with van der Waals surface area (Å²) in [6, 6.07) is 6.59. The van der Waals surface area contributed by atoms with Crippen LogP contribution in [0.4, 0.5) is 0 Å². The van der Waals surface area contributed by atoms with Gasteiger partial charge in [-0.05, 0) is 67.7 Å². The third-order valence-corrected chi connectivity index (χ3v) is 9.02. The first-order valence-electron chi connectivity index (χ1n) is 14.3. The first-order valence-corrected chi connectivity index (χ1v) is 14.3. The van der Waals surface area contributed by atoms with Crippen molar-refractivity contribution in [3.8, 4) is 16.9 Å². The number of ether oxygens (including phenoxy) is 1. The number of nitrogens with one attached hydrogen (secondary N) is 1. The van der Waals surface area contributed by atoms with Crippen molar-refractivity contribution in [1.82, 2.24) is 10.2 Å². The minimum Gasteiger partial charge on any atom is -0.510 e. The zero-order valence-electron chi connectivity index (χ0n) is 25.1. The van der Waals surface area contributed by atoms with Gasteiger partial charge in [-0.1, -0.05) is 18.2 Å². The van der Waals surface area contributed by atoms with E-state index in [1.54, 1.807) is 32.3 Å². The fourth-order valence-corrected chi connectivity index (χ4v) is 6.91. The van der Waals surface area contributed by atoms with Crippen LogP contribution in [0.3, 0.4) is 0 Å². The van der Waals surface area contributed by atoms with Crippen molar-refractivity contribution in [3.05, 3.63) is 75.8 Å². The number of phenols is 1. The normalized spacial score (nSPS) is 24.6. The van der Waals surface area contributed by atoms with Gasteiger partial charge in [-0.2, -0.15) is 0 Å². The van der Waals surface area contributed by atoms with Gasteiger partial charge in [-0.3, -0.25) is 24.1 Å². The summed E-state index contributed by atoms with van der Waals surface area (Å²) in [6.07, 6.45) is -0.0387. The molecule has 0 saturated carbocycles. The van der Waals surface area contributed by atoms with E-state index in [1.165, 1.54) is 23.1 Å². The number of amides is 2. The maximum Gasteiger partial charge on any atom is 0.330 e. The van der Waals surface area contributed by atoms with Crippen molar-refractivity contribution in [2.75, 3.05) is 27.8 Å². The quantitative estimate of drug-likeness (QED) is 0.158. The van der Waals surface area contributed by atoms with Crippen LogP contribution in [0.1, 0.15) is 32.7 Å². The molecule has 0 spiro atoms. The van der Waals surface area contributed by atoms with Crippen LogP contribution in [-0.2, 0) is 25.5 Å². The molecule has 8 N–H and O–H groups in total. The van der Waals surface area contributed by atoms with E-state index in [2.05, 4.69) is 10.1 Å². The smallest absolute Gasteiger partial charge is 0.330 e. The van der Waals surface area contributed by atoms with E-state index < -0.39 is 88.3 Å². The number of ketones is 2. The number of hydrogen-bond donors (Lipinski definition) is 7. The average Bonchev–Trinajstić information content (AvgIpc) is 3.01. The second-order valence-corrected chi connectivity index (χ2v) is 11.8. The van der Waals surface area contributed by atoms with Crippen molar-refractivity contribution < 1.29 is 54.2 Å². The maximum absolute atomic E-state index is 14.0. The van der Waals surface area contributed by atoms with Gasteiger partial charge >= 0.3 is 5.97 Å². The summed E-state index contributed by atoms with van der Waals surface area (Å²) in [5.41, 5.74) is 2.67. The Labute approximate surface area is 262 Å². The number of aliphatic hydroxyl groups is 4. The fraction of sp³-hybridized carbons (Fsp3) is 0.344. The minimum absolute atomic E-state index is 0.0453. The van der Waals surface area contributed by atoms with E-state index in [4.69, 9.17) is 5.73 Å².